The summed E-state index contributed by atoms with van der Waals surface area (Å²) in [5.74, 6) is -0.297. The predicted octanol–water partition coefficient (Wildman–Crippen LogP) is 5.84. The molecule has 6 heteroatoms. The summed E-state index contributed by atoms with van der Waals surface area (Å²) in [7, 11) is 1.56. The molecule has 1 heterocycles. The first-order valence-corrected chi connectivity index (χ1v) is 9.75. The van der Waals surface area contributed by atoms with Crippen LogP contribution in [0.1, 0.15) is 5.56 Å². The molecule has 1 aliphatic heterocycles. The molecule has 1 saturated heterocycles. The number of para-hydroxylation sites is 2. The Balaban J connectivity index is 1.72. The molecule has 3 aromatic rings. The van der Waals surface area contributed by atoms with Gasteiger partial charge >= 0.3 is 0 Å². The monoisotopic (exact) mass is 420 g/mol. The van der Waals surface area contributed by atoms with Gasteiger partial charge in [0.1, 0.15) is 0 Å². The lowest BCUT2D eigenvalue weighted by Crippen LogP contribution is -2.23. The average Bonchev–Trinajstić information content (AvgIpc) is 3.03. The van der Waals surface area contributed by atoms with Crippen LogP contribution in [0.5, 0.6) is 0 Å². The molecule has 0 bridgehead atoms. The van der Waals surface area contributed by atoms with E-state index >= 15 is 0 Å². The molecule has 1 aliphatic rings. The van der Waals surface area contributed by atoms with Crippen molar-refractivity contribution in [2.45, 2.75) is 0 Å². The van der Waals surface area contributed by atoms with Gasteiger partial charge in [0.2, 0.25) is 5.76 Å². The molecule has 0 aromatic heterocycles. The third-order valence-electron chi connectivity index (χ3n) is 4.57. The van der Waals surface area contributed by atoms with E-state index in [0.717, 1.165) is 17.1 Å². The van der Waals surface area contributed by atoms with Gasteiger partial charge in [-0.1, -0.05) is 60.1 Å². The van der Waals surface area contributed by atoms with E-state index in [4.69, 9.17) is 28.6 Å². The molecule has 4 rings (SSSR count). The smallest absolute Gasteiger partial charge is 0.298 e. The van der Waals surface area contributed by atoms with Gasteiger partial charge in [-0.15, -0.1) is 0 Å². The first-order chi connectivity index (χ1) is 14.1. The summed E-state index contributed by atoms with van der Waals surface area (Å²) in [4.78, 5) is 15.6. The molecule has 0 atom stereocenters. The fourth-order valence-corrected chi connectivity index (χ4v) is 3.47. The van der Waals surface area contributed by atoms with E-state index in [0.29, 0.717) is 5.56 Å². The Bertz CT molecular complexity index is 1040. The minimum Gasteiger partial charge on any atom is -0.424 e. The van der Waals surface area contributed by atoms with Crippen molar-refractivity contribution in [3.05, 3.63) is 96.3 Å². The zero-order valence-corrected chi connectivity index (χ0v) is 17.2. The van der Waals surface area contributed by atoms with Gasteiger partial charge in [0.05, 0.1) is 5.03 Å². The fraction of sp³-hybridized carbons (Fsp3) is 0.0435. The van der Waals surface area contributed by atoms with Crippen molar-refractivity contribution in [3.63, 3.8) is 0 Å². The van der Waals surface area contributed by atoms with Gasteiger partial charge in [-0.3, -0.25) is 9.69 Å². The number of benzene rings is 3. The highest BCUT2D eigenvalue weighted by Crippen LogP contribution is 2.36. The summed E-state index contributed by atoms with van der Waals surface area (Å²) in [6, 6.07) is 27.8. The third kappa shape index (κ3) is 3.75. The number of anilines is 3. The molecular weight excluding hydrogens is 404 g/mol. The fourth-order valence-electron chi connectivity index (χ4n) is 3.06. The Hall–Kier alpha value is -3.15. The summed E-state index contributed by atoms with van der Waals surface area (Å²) in [6.07, 6.45) is 0. The number of ether oxygens (including phenoxy) is 1. The van der Waals surface area contributed by atoms with E-state index in [1.165, 1.54) is 4.90 Å². The minimum atomic E-state index is -0.348. The molecule has 1 fully saturated rings. The van der Waals surface area contributed by atoms with Crippen LogP contribution in [0, 0.1) is 0 Å². The summed E-state index contributed by atoms with van der Waals surface area (Å²) in [5, 5.41) is 0.332. The van der Waals surface area contributed by atoms with E-state index in [2.05, 4.69) is 29.2 Å². The minimum absolute atomic E-state index is 0.0508. The Kier molecular flexibility index (Phi) is 5.34. The second-order valence-electron chi connectivity index (χ2n) is 6.43. The van der Waals surface area contributed by atoms with Gasteiger partial charge in [0.25, 0.3) is 11.1 Å². The standard InChI is InChI=1S/C23H17ClN2O2S/c1-25-22(27)21(28-23(25)29)20(24)16-12-14-19(15-13-16)26(17-8-4-2-5-9-17)18-10-6-3-7-11-18/h2-15H,1H3/b21-20-. The maximum Gasteiger partial charge on any atom is 0.298 e. The van der Waals surface area contributed by atoms with E-state index in [9.17, 15) is 4.79 Å². The van der Waals surface area contributed by atoms with Crippen LogP contribution >= 0.6 is 23.8 Å². The highest BCUT2D eigenvalue weighted by Gasteiger charge is 2.33. The number of hydrogen-bond donors (Lipinski definition) is 0. The molecule has 4 nitrogen and oxygen atoms in total. The van der Waals surface area contributed by atoms with Crippen molar-refractivity contribution in [2.75, 3.05) is 11.9 Å². The van der Waals surface area contributed by atoms with Crippen molar-refractivity contribution >= 4 is 57.0 Å². The number of likely N-dealkylation sites (N-methyl/N-ethyl adjacent to an activating group) is 1. The van der Waals surface area contributed by atoms with Crippen LogP contribution in [0.4, 0.5) is 17.1 Å². The zero-order chi connectivity index (χ0) is 20.4. The molecule has 3 aromatic carbocycles. The van der Waals surface area contributed by atoms with E-state index < -0.39 is 0 Å². The van der Waals surface area contributed by atoms with Crippen molar-refractivity contribution in [3.8, 4) is 0 Å². The van der Waals surface area contributed by atoms with Gasteiger partial charge in [-0.05, 0) is 54.2 Å². The quantitative estimate of drug-likeness (QED) is 0.392. The van der Waals surface area contributed by atoms with Crippen LogP contribution in [0.15, 0.2) is 90.7 Å². The first kappa shape index (κ1) is 19.2. The number of carbonyl (C=O) groups excluding carboxylic acids is 1. The number of halogens is 1. The van der Waals surface area contributed by atoms with Crippen molar-refractivity contribution in [1.29, 1.82) is 0 Å². The number of carbonyl (C=O) groups is 1. The number of amides is 1. The second-order valence-corrected chi connectivity index (χ2v) is 7.16. The molecule has 29 heavy (non-hydrogen) atoms. The van der Waals surface area contributed by atoms with Crippen molar-refractivity contribution in [1.82, 2.24) is 4.90 Å². The van der Waals surface area contributed by atoms with Crippen LogP contribution in [0.2, 0.25) is 0 Å². The Labute approximate surface area is 179 Å². The van der Waals surface area contributed by atoms with E-state index in [1.807, 2.05) is 60.7 Å². The molecule has 0 saturated carbocycles. The topological polar surface area (TPSA) is 32.8 Å². The highest BCUT2D eigenvalue weighted by molar-refractivity contribution is 7.80. The normalized spacial score (nSPS) is 15.3. The second kappa shape index (κ2) is 8.07. The van der Waals surface area contributed by atoms with Crippen molar-refractivity contribution in [2.24, 2.45) is 0 Å². The van der Waals surface area contributed by atoms with E-state index in [1.54, 1.807) is 7.05 Å². The maximum absolute atomic E-state index is 12.2. The third-order valence-corrected chi connectivity index (χ3v) is 5.32. The van der Waals surface area contributed by atoms with Crippen LogP contribution in [-0.4, -0.2) is 23.0 Å². The number of thiocarbonyl (C=S) groups is 1. The Morgan fingerprint density at radius 3 is 1.79 bits per heavy atom. The SMILES string of the molecule is CN1C(=O)/C(=C(/Cl)c2ccc(N(c3ccccc3)c3ccccc3)cc2)OC1=S. The Morgan fingerprint density at radius 1 is 0.862 bits per heavy atom. The number of nitrogens with zero attached hydrogens (tertiary/aromatic N) is 2. The predicted molar refractivity (Wildman–Crippen MR) is 120 cm³/mol. The summed E-state index contributed by atoms with van der Waals surface area (Å²) in [6.45, 7) is 0. The molecular formula is C23H17ClN2O2S. The molecule has 0 unspecified atom stereocenters. The maximum atomic E-state index is 12.2. The number of rotatable bonds is 4. The molecule has 0 spiro atoms. The zero-order valence-electron chi connectivity index (χ0n) is 15.6. The van der Waals surface area contributed by atoms with Gasteiger partial charge in [-0.2, -0.15) is 0 Å². The van der Waals surface area contributed by atoms with Crippen LogP contribution in [-0.2, 0) is 9.53 Å². The largest absolute Gasteiger partial charge is 0.424 e. The molecule has 0 N–H and O–H groups in total. The lowest BCUT2D eigenvalue weighted by molar-refractivity contribution is -0.122. The highest BCUT2D eigenvalue weighted by atomic mass is 35.5. The first-order valence-electron chi connectivity index (χ1n) is 8.96. The molecule has 1 amide bonds. The van der Waals surface area contributed by atoms with E-state index in [-0.39, 0.29) is 21.9 Å². The van der Waals surface area contributed by atoms with Gasteiger partial charge in [-0.25, -0.2) is 0 Å². The van der Waals surface area contributed by atoms with Crippen LogP contribution < -0.4 is 4.90 Å². The lowest BCUT2D eigenvalue weighted by atomic mass is 10.1. The van der Waals surface area contributed by atoms with Gasteiger partial charge < -0.3 is 9.64 Å². The molecule has 0 radical (unpaired) electrons. The molecule has 144 valence electrons. The number of hydrogen-bond acceptors (Lipinski definition) is 4. The van der Waals surface area contributed by atoms with Gasteiger partial charge in [0, 0.05) is 24.1 Å². The summed E-state index contributed by atoms with van der Waals surface area (Å²) in [5.41, 5.74) is 3.72. The Morgan fingerprint density at radius 2 is 1.34 bits per heavy atom. The van der Waals surface area contributed by atoms with Crippen LogP contribution in [0.3, 0.4) is 0 Å². The van der Waals surface area contributed by atoms with Crippen molar-refractivity contribution < 1.29 is 9.53 Å². The average molecular weight is 421 g/mol. The lowest BCUT2D eigenvalue weighted by Gasteiger charge is -2.25. The van der Waals surface area contributed by atoms with Gasteiger partial charge in [0.15, 0.2) is 0 Å². The van der Waals surface area contributed by atoms with Crippen LogP contribution in [0.25, 0.3) is 5.03 Å². The summed E-state index contributed by atoms with van der Waals surface area (Å²) >= 11 is 11.4. The summed E-state index contributed by atoms with van der Waals surface area (Å²) < 4.78 is 5.36. The molecule has 0 aliphatic carbocycles.